The average molecular weight is 857 g/mol. The van der Waals surface area contributed by atoms with Gasteiger partial charge in [-0.25, -0.2) is 0 Å². The third-order valence-electron chi connectivity index (χ3n) is 9.71. The molecule has 6 heteroatoms. The minimum absolute atomic E-state index is 0.118. The lowest BCUT2D eigenvalue weighted by Crippen LogP contribution is -2.30. The molecule has 0 saturated carbocycles. The number of carbonyl (C=O) groups is 3. The maximum atomic E-state index is 12.8. The summed E-state index contributed by atoms with van der Waals surface area (Å²) in [7, 11) is 0. The lowest BCUT2D eigenvalue weighted by molar-refractivity contribution is -0.166. The first-order valence-electron chi connectivity index (χ1n) is 24.5. The van der Waals surface area contributed by atoms with Gasteiger partial charge in [0.05, 0.1) is 0 Å². The Bertz CT molecular complexity index is 1350. The lowest BCUT2D eigenvalue weighted by Gasteiger charge is -2.18. The Morgan fingerprint density at radius 3 is 1.00 bits per heavy atom. The number of hydrogen-bond donors (Lipinski definition) is 0. The molecule has 0 amide bonds. The van der Waals surface area contributed by atoms with Gasteiger partial charge in [0.25, 0.3) is 0 Å². The predicted molar refractivity (Wildman–Crippen MR) is 265 cm³/mol. The van der Waals surface area contributed by atoms with Gasteiger partial charge >= 0.3 is 17.9 Å². The van der Waals surface area contributed by atoms with Crippen LogP contribution >= 0.6 is 0 Å². The van der Waals surface area contributed by atoms with Crippen LogP contribution in [0.25, 0.3) is 0 Å². The first kappa shape index (κ1) is 57.8. The highest BCUT2D eigenvalue weighted by Gasteiger charge is 2.19. The minimum Gasteiger partial charge on any atom is -0.462 e. The van der Waals surface area contributed by atoms with Crippen LogP contribution in [0.15, 0.2) is 122 Å². The Morgan fingerprint density at radius 1 is 0.323 bits per heavy atom. The summed E-state index contributed by atoms with van der Waals surface area (Å²) in [6.45, 7) is 6.19. The molecule has 0 N–H and O–H groups in total. The highest BCUT2D eigenvalue weighted by atomic mass is 16.6. The van der Waals surface area contributed by atoms with Crippen molar-refractivity contribution >= 4 is 17.9 Å². The van der Waals surface area contributed by atoms with Crippen LogP contribution in [-0.2, 0) is 28.6 Å². The maximum Gasteiger partial charge on any atom is 0.306 e. The molecule has 0 rings (SSSR count). The lowest BCUT2D eigenvalue weighted by atomic mass is 10.1. The van der Waals surface area contributed by atoms with Gasteiger partial charge in [0.1, 0.15) is 13.2 Å². The van der Waals surface area contributed by atoms with Crippen LogP contribution in [0.3, 0.4) is 0 Å². The highest BCUT2D eigenvalue weighted by Crippen LogP contribution is 2.12. The molecular weight excluding hydrogens is 769 g/mol. The van der Waals surface area contributed by atoms with Gasteiger partial charge in [-0.1, -0.05) is 187 Å². The van der Waals surface area contributed by atoms with Gasteiger partial charge in [0.15, 0.2) is 6.10 Å². The topological polar surface area (TPSA) is 78.9 Å². The fourth-order valence-electron chi connectivity index (χ4n) is 6.13. The van der Waals surface area contributed by atoms with Crippen LogP contribution < -0.4 is 0 Å². The molecule has 0 saturated heterocycles. The summed E-state index contributed by atoms with van der Waals surface area (Å²) in [4.78, 5) is 37.9. The van der Waals surface area contributed by atoms with Crippen LogP contribution in [-0.4, -0.2) is 37.2 Å². The predicted octanol–water partition coefficient (Wildman–Crippen LogP) is 16.1. The van der Waals surface area contributed by atoms with E-state index in [1.807, 2.05) is 12.2 Å². The zero-order chi connectivity index (χ0) is 45.1. The van der Waals surface area contributed by atoms with Crippen molar-refractivity contribution in [2.24, 2.45) is 0 Å². The third-order valence-corrected chi connectivity index (χ3v) is 9.71. The van der Waals surface area contributed by atoms with Gasteiger partial charge in [0.2, 0.25) is 0 Å². The van der Waals surface area contributed by atoms with E-state index in [1.54, 1.807) is 0 Å². The van der Waals surface area contributed by atoms with Gasteiger partial charge in [-0.3, -0.25) is 14.4 Å². The van der Waals surface area contributed by atoms with Crippen molar-refractivity contribution in [3.05, 3.63) is 122 Å². The Hall–Kier alpha value is -4.19. The van der Waals surface area contributed by atoms with E-state index < -0.39 is 6.10 Å². The van der Waals surface area contributed by atoms with Crippen LogP contribution in [0, 0.1) is 0 Å². The molecular formula is C56H88O6. The van der Waals surface area contributed by atoms with Crippen molar-refractivity contribution in [1.29, 1.82) is 0 Å². The largest absolute Gasteiger partial charge is 0.462 e. The maximum absolute atomic E-state index is 12.8. The van der Waals surface area contributed by atoms with E-state index in [1.165, 1.54) is 12.8 Å². The molecule has 1 atom stereocenters. The summed E-state index contributed by atoms with van der Waals surface area (Å²) in [5.74, 6) is -1.04. The van der Waals surface area contributed by atoms with Crippen LogP contribution in [0.4, 0.5) is 0 Å². The molecule has 0 spiro atoms. The van der Waals surface area contributed by atoms with E-state index in [4.69, 9.17) is 14.2 Å². The molecule has 0 aromatic heterocycles. The summed E-state index contributed by atoms with van der Waals surface area (Å²) in [5, 5.41) is 0. The molecule has 0 fully saturated rings. The Kier molecular flexibility index (Phi) is 46.1. The smallest absolute Gasteiger partial charge is 0.306 e. The van der Waals surface area contributed by atoms with E-state index in [2.05, 4.69) is 130 Å². The number of esters is 3. The van der Waals surface area contributed by atoms with Crippen molar-refractivity contribution in [3.63, 3.8) is 0 Å². The van der Waals surface area contributed by atoms with Crippen LogP contribution in [0.5, 0.6) is 0 Å². The monoisotopic (exact) mass is 857 g/mol. The second kappa shape index (κ2) is 49.5. The van der Waals surface area contributed by atoms with Gasteiger partial charge in [0, 0.05) is 19.3 Å². The summed E-state index contributed by atoms with van der Waals surface area (Å²) in [6, 6.07) is 0. The van der Waals surface area contributed by atoms with Gasteiger partial charge in [-0.05, 0) is 109 Å². The molecule has 62 heavy (non-hydrogen) atoms. The Balaban J connectivity index is 4.55. The fourth-order valence-corrected chi connectivity index (χ4v) is 6.13. The number of allylic oxidation sites excluding steroid dienone is 20. The van der Waals surface area contributed by atoms with E-state index in [0.717, 1.165) is 135 Å². The molecule has 1 unspecified atom stereocenters. The number of rotatable bonds is 42. The fraction of sp³-hybridized carbons (Fsp3) is 0.589. The highest BCUT2D eigenvalue weighted by molar-refractivity contribution is 5.71. The molecule has 0 heterocycles. The zero-order valence-electron chi connectivity index (χ0n) is 39.6. The van der Waals surface area contributed by atoms with E-state index in [9.17, 15) is 14.4 Å². The molecule has 0 bridgehead atoms. The summed E-state index contributed by atoms with van der Waals surface area (Å²) in [6.07, 6.45) is 67.6. The van der Waals surface area contributed by atoms with Crippen molar-refractivity contribution < 1.29 is 28.6 Å². The molecule has 348 valence electrons. The van der Waals surface area contributed by atoms with E-state index in [-0.39, 0.29) is 37.5 Å². The van der Waals surface area contributed by atoms with Gasteiger partial charge in [-0.2, -0.15) is 0 Å². The summed E-state index contributed by atoms with van der Waals surface area (Å²) < 4.78 is 16.7. The normalized spacial score (nSPS) is 13.1. The summed E-state index contributed by atoms with van der Waals surface area (Å²) in [5.41, 5.74) is 0. The molecule has 0 aliphatic carbocycles. The van der Waals surface area contributed by atoms with Crippen molar-refractivity contribution in [2.75, 3.05) is 13.2 Å². The number of hydrogen-bond acceptors (Lipinski definition) is 6. The molecule has 0 aliphatic rings. The quantitative estimate of drug-likeness (QED) is 0.0263. The average Bonchev–Trinajstić information content (AvgIpc) is 3.27. The van der Waals surface area contributed by atoms with Crippen molar-refractivity contribution in [2.45, 2.75) is 200 Å². The molecule has 0 radical (unpaired) electrons. The molecule has 0 aliphatic heterocycles. The summed E-state index contributed by atoms with van der Waals surface area (Å²) >= 11 is 0. The minimum atomic E-state index is -0.823. The number of unbranched alkanes of at least 4 members (excludes halogenated alkanes) is 11. The second-order valence-corrected chi connectivity index (χ2v) is 15.6. The van der Waals surface area contributed by atoms with E-state index >= 15 is 0 Å². The first-order chi connectivity index (χ1) is 30.5. The van der Waals surface area contributed by atoms with Crippen LogP contribution in [0.1, 0.15) is 194 Å². The second-order valence-electron chi connectivity index (χ2n) is 15.6. The van der Waals surface area contributed by atoms with Crippen molar-refractivity contribution in [1.82, 2.24) is 0 Å². The standard InChI is InChI=1S/C56H88O6/c1-4-7-10-13-16-19-22-25-27-29-31-34-37-40-43-46-49-55(58)61-52-53(51-60-54(57)48-45-42-39-36-33-24-21-18-15-12-9-6-3)62-56(59)50-47-44-41-38-35-32-30-28-26-23-20-17-14-11-8-5-2/h7-12,16-21,25-28,31,34,40,43,53H,4-6,13-15,22-24,29-30,32-33,35-39,41-42,44-52H2,1-3H3/b10-7-,11-8-,12-9-,19-16-,20-17-,21-18-,27-25-,28-26-,34-31-,43-40-. The number of carbonyl (C=O) groups excluding carboxylic acids is 3. The Morgan fingerprint density at radius 2 is 0.613 bits per heavy atom. The van der Waals surface area contributed by atoms with E-state index in [0.29, 0.717) is 19.3 Å². The SMILES string of the molecule is CC/C=C\C/C=C\C/C=C\C/C=C\C/C=C\CCC(=O)OCC(COC(=O)CCCCCCC/C=C\C/C=C\CC)OC(=O)CCCCCCCC/C=C\C/C=C\C/C=C\CC. The molecule has 0 aromatic carbocycles. The molecule has 6 nitrogen and oxygen atoms in total. The molecule has 0 aromatic rings. The first-order valence-corrected chi connectivity index (χ1v) is 24.5. The van der Waals surface area contributed by atoms with Gasteiger partial charge < -0.3 is 14.2 Å². The third kappa shape index (κ3) is 46.9. The zero-order valence-corrected chi connectivity index (χ0v) is 39.6. The number of ether oxygens (including phenoxy) is 3. The van der Waals surface area contributed by atoms with Gasteiger partial charge in [-0.15, -0.1) is 0 Å². The van der Waals surface area contributed by atoms with Crippen LogP contribution in [0.2, 0.25) is 0 Å². The Labute approximate surface area is 380 Å². The van der Waals surface area contributed by atoms with Crippen molar-refractivity contribution in [3.8, 4) is 0 Å².